The molecule has 2 N–H and O–H groups in total. The molecule has 1 aliphatic rings. The molecule has 1 atom stereocenters. The van der Waals surface area contributed by atoms with Crippen molar-refractivity contribution in [2.45, 2.75) is 32.8 Å². The molecule has 0 saturated carbocycles. The summed E-state index contributed by atoms with van der Waals surface area (Å²) >= 11 is 0. The molecule has 0 spiro atoms. The SMILES string of the molecule is CC(C)(C)OC(=O)N1C=CC(C(N)=O)CC1. The molecule has 1 rings (SSSR count). The molecular formula is C11H18N2O3. The lowest BCUT2D eigenvalue weighted by Crippen LogP contribution is -2.38. The molecule has 5 nitrogen and oxygen atoms in total. The van der Waals surface area contributed by atoms with Gasteiger partial charge in [-0.2, -0.15) is 0 Å². The molecule has 0 fully saturated rings. The van der Waals surface area contributed by atoms with Gasteiger partial charge in [-0.3, -0.25) is 9.69 Å². The zero-order chi connectivity index (χ0) is 12.3. The average molecular weight is 226 g/mol. The van der Waals surface area contributed by atoms with E-state index < -0.39 is 11.7 Å². The molecule has 0 bridgehead atoms. The lowest BCUT2D eigenvalue weighted by atomic mass is 10.0. The second-order valence-electron chi connectivity index (χ2n) is 4.81. The summed E-state index contributed by atoms with van der Waals surface area (Å²) in [4.78, 5) is 24.0. The van der Waals surface area contributed by atoms with Crippen LogP contribution in [-0.4, -0.2) is 29.0 Å². The van der Waals surface area contributed by atoms with Crippen molar-refractivity contribution in [1.29, 1.82) is 0 Å². The van der Waals surface area contributed by atoms with Crippen molar-refractivity contribution in [3.8, 4) is 0 Å². The molecule has 2 amide bonds. The Morgan fingerprint density at radius 2 is 2.06 bits per heavy atom. The predicted octanol–water partition coefficient (Wildman–Crippen LogP) is 1.24. The summed E-state index contributed by atoms with van der Waals surface area (Å²) in [6.07, 6.45) is 3.35. The third-order valence-corrected chi connectivity index (χ3v) is 2.17. The van der Waals surface area contributed by atoms with E-state index in [2.05, 4.69) is 0 Å². The summed E-state index contributed by atoms with van der Waals surface area (Å²) in [6.45, 7) is 5.89. The van der Waals surface area contributed by atoms with Crippen LogP contribution in [0.1, 0.15) is 27.2 Å². The lowest BCUT2D eigenvalue weighted by Gasteiger charge is -2.28. The molecule has 1 unspecified atom stereocenters. The van der Waals surface area contributed by atoms with Crippen molar-refractivity contribution >= 4 is 12.0 Å². The summed E-state index contributed by atoms with van der Waals surface area (Å²) in [5.74, 6) is -0.640. The first-order chi connectivity index (χ1) is 7.29. The van der Waals surface area contributed by atoms with E-state index in [4.69, 9.17) is 10.5 Å². The molecular weight excluding hydrogens is 208 g/mol. The van der Waals surface area contributed by atoms with Crippen LogP contribution < -0.4 is 5.73 Å². The molecule has 0 aromatic heterocycles. The van der Waals surface area contributed by atoms with Crippen molar-refractivity contribution in [3.05, 3.63) is 12.3 Å². The van der Waals surface area contributed by atoms with Gasteiger partial charge in [-0.25, -0.2) is 4.79 Å². The summed E-state index contributed by atoms with van der Waals surface area (Å²) in [7, 11) is 0. The Morgan fingerprint density at radius 3 is 2.44 bits per heavy atom. The quantitative estimate of drug-likeness (QED) is 0.731. The Bertz CT molecular complexity index is 318. The molecule has 0 radical (unpaired) electrons. The second-order valence-corrected chi connectivity index (χ2v) is 4.81. The Kier molecular flexibility index (Phi) is 3.57. The minimum Gasteiger partial charge on any atom is -0.443 e. The van der Waals surface area contributed by atoms with Crippen LogP contribution in [0.5, 0.6) is 0 Å². The van der Waals surface area contributed by atoms with Crippen LogP contribution in [0.2, 0.25) is 0 Å². The van der Waals surface area contributed by atoms with Crippen molar-refractivity contribution in [2.75, 3.05) is 6.54 Å². The first-order valence-electron chi connectivity index (χ1n) is 5.27. The van der Waals surface area contributed by atoms with Gasteiger partial charge in [0.05, 0.1) is 5.92 Å². The van der Waals surface area contributed by atoms with Crippen LogP contribution in [0.4, 0.5) is 4.79 Å². The van der Waals surface area contributed by atoms with Crippen LogP contribution >= 0.6 is 0 Å². The Hall–Kier alpha value is -1.52. The zero-order valence-electron chi connectivity index (χ0n) is 9.90. The first-order valence-corrected chi connectivity index (χ1v) is 5.27. The fourth-order valence-corrected chi connectivity index (χ4v) is 1.37. The molecule has 1 aliphatic heterocycles. The molecule has 16 heavy (non-hydrogen) atoms. The Balaban J connectivity index is 2.56. The van der Waals surface area contributed by atoms with E-state index in [0.29, 0.717) is 13.0 Å². The number of hydrogen-bond acceptors (Lipinski definition) is 3. The number of amides is 2. The molecule has 0 aliphatic carbocycles. The van der Waals surface area contributed by atoms with E-state index in [1.807, 2.05) is 20.8 Å². The zero-order valence-corrected chi connectivity index (χ0v) is 9.90. The van der Waals surface area contributed by atoms with Gasteiger partial charge >= 0.3 is 6.09 Å². The van der Waals surface area contributed by atoms with Crippen LogP contribution in [0.15, 0.2) is 12.3 Å². The van der Waals surface area contributed by atoms with Crippen LogP contribution in [-0.2, 0) is 9.53 Å². The molecule has 0 saturated heterocycles. The van der Waals surface area contributed by atoms with Gasteiger partial charge in [0, 0.05) is 12.7 Å². The number of primary amides is 1. The topological polar surface area (TPSA) is 72.6 Å². The van der Waals surface area contributed by atoms with Crippen LogP contribution in [0.25, 0.3) is 0 Å². The molecule has 0 aromatic rings. The average Bonchev–Trinajstić information content (AvgIpc) is 2.15. The number of carbonyl (C=O) groups excluding carboxylic acids is 2. The number of carbonyl (C=O) groups is 2. The summed E-state index contributed by atoms with van der Waals surface area (Å²) < 4.78 is 5.19. The van der Waals surface area contributed by atoms with E-state index in [1.54, 1.807) is 12.3 Å². The van der Waals surface area contributed by atoms with Gasteiger partial charge in [0.25, 0.3) is 0 Å². The van der Waals surface area contributed by atoms with Gasteiger partial charge in [0.2, 0.25) is 5.91 Å². The van der Waals surface area contributed by atoms with Crippen molar-refractivity contribution in [2.24, 2.45) is 11.7 Å². The maximum Gasteiger partial charge on any atom is 0.414 e. The van der Waals surface area contributed by atoms with E-state index in [-0.39, 0.29) is 11.8 Å². The summed E-state index contributed by atoms with van der Waals surface area (Å²) in [5.41, 5.74) is 4.66. The van der Waals surface area contributed by atoms with Gasteiger partial charge in [-0.05, 0) is 27.2 Å². The third-order valence-electron chi connectivity index (χ3n) is 2.17. The summed E-state index contributed by atoms with van der Waals surface area (Å²) in [5, 5.41) is 0. The number of nitrogens with zero attached hydrogens (tertiary/aromatic N) is 1. The predicted molar refractivity (Wildman–Crippen MR) is 59.4 cm³/mol. The lowest BCUT2D eigenvalue weighted by molar-refractivity contribution is -0.120. The standard InChI is InChI=1S/C11H18N2O3/c1-11(2,3)16-10(15)13-6-4-8(5-7-13)9(12)14/h4,6,8H,5,7H2,1-3H3,(H2,12,14). The highest BCUT2D eigenvalue weighted by atomic mass is 16.6. The monoisotopic (exact) mass is 226 g/mol. The smallest absolute Gasteiger partial charge is 0.414 e. The molecule has 1 heterocycles. The van der Waals surface area contributed by atoms with Crippen molar-refractivity contribution in [1.82, 2.24) is 4.90 Å². The largest absolute Gasteiger partial charge is 0.443 e. The van der Waals surface area contributed by atoms with Crippen molar-refractivity contribution < 1.29 is 14.3 Å². The van der Waals surface area contributed by atoms with E-state index in [0.717, 1.165) is 0 Å². The minimum absolute atomic E-state index is 0.279. The van der Waals surface area contributed by atoms with Crippen LogP contribution in [0.3, 0.4) is 0 Å². The van der Waals surface area contributed by atoms with Gasteiger partial charge in [-0.1, -0.05) is 6.08 Å². The second kappa shape index (κ2) is 4.55. The maximum absolute atomic E-state index is 11.6. The normalized spacial score (nSPS) is 20.7. The van der Waals surface area contributed by atoms with E-state index in [9.17, 15) is 9.59 Å². The Labute approximate surface area is 95.2 Å². The van der Waals surface area contributed by atoms with E-state index >= 15 is 0 Å². The van der Waals surface area contributed by atoms with Gasteiger partial charge in [-0.15, -0.1) is 0 Å². The number of ether oxygens (including phenoxy) is 1. The molecule has 5 heteroatoms. The summed E-state index contributed by atoms with van der Waals surface area (Å²) in [6, 6.07) is 0. The number of rotatable bonds is 1. The number of hydrogen-bond donors (Lipinski definition) is 1. The van der Waals surface area contributed by atoms with Crippen molar-refractivity contribution in [3.63, 3.8) is 0 Å². The first kappa shape index (κ1) is 12.5. The van der Waals surface area contributed by atoms with Gasteiger partial charge in [0.1, 0.15) is 5.60 Å². The highest BCUT2D eigenvalue weighted by molar-refractivity contribution is 5.79. The van der Waals surface area contributed by atoms with Gasteiger partial charge in [0.15, 0.2) is 0 Å². The highest BCUT2D eigenvalue weighted by Crippen LogP contribution is 2.16. The highest BCUT2D eigenvalue weighted by Gasteiger charge is 2.25. The van der Waals surface area contributed by atoms with Crippen LogP contribution in [0, 0.1) is 5.92 Å². The Morgan fingerprint density at radius 1 is 1.44 bits per heavy atom. The fraction of sp³-hybridized carbons (Fsp3) is 0.636. The van der Waals surface area contributed by atoms with E-state index in [1.165, 1.54) is 4.90 Å². The fourth-order valence-electron chi connectivity index (χ4n) is 1.37. The molecule has 90 valence electrons. The third kappa shape index (κ3) is 3.56. The minimum atomic E-state index is -0.508. The maximum atomic E-state index is 11.6. The van der Waals surface area contributed by atoms with Gasteiger partial charge < -0.3 is 10.5 Å². The molecule has 0 aromatic carbocycles. The number of nitrogens with two attached hydrogens (primary N) is 1.